The third kappa shape index (κ3) is 4.08. The van der Waals surface area contributed by atoms with E-state index < -0.39 is 0 Å². The average molecular weight is 378 g/mol. The molecule has 0 bridgehead atoms. The summed E-state index contributed by atoms with van der Waals surface area (Å²) < 4.78 is 1.37. The normalized spacial score (nSPS) is 10.8. The fourth-order valence-corrected chi connectivity index (χ4v) is 3.19. The molecular formula is C19H23I. The van der Waals surface area contributed by atoms with Gasteiger partial charge < -0.3 is 0 Å². The smallest absolute Gasteiger partial charge is 0.0162 e. The second-order valence-corrected chi connectivity index (χ2v) is 6.48. The van der Waals surface area contributed by atoms with Crippen LogP contribution in [0.4, 0.5) is 0 Å². The standard InChI is InChI=1S/C19H23I/c1-3-5-6-7-15-8-10-17(11-9-15)18-12-13-19(20)16(4-2)14-18/h8-14H,3-7H2,1-2H3. The van der Waals surface area contributed by atoms with E-state index in [1.807, 2.05) is 0 Å². The van der Waals surface area contributed by atoms with Crippen LogP contribution < -0.4 is 0 Å². The van der Waals surface area contributed by atoms with Crippen LogP contribution in [0.2, 0.25) is 0 Å². The van der Waals surface area contributed by atoms with E-state index in [9.17, 15) is 0 Å². The molecule has 0 fully saturated rings. The van der Waals surface area contributed by atoms with Gasteiger partial charge in [0.1, 0.15) is 0 Å². The van der Waals surface area contributed by atoms with E-state index in [1.165, 1.54) is 51.5 Å². The van der Waals surface area contributed by atoms with Crippen LogP contribution in [-0.4, -0.2) is 0 Å². The van der Waals surface area contributed by atoms with Gasteiger partial charge in [0.15, 0.2) is 0 Å². The number of benzene rings is 2. The molecule has 20 heavy (non-hydrogen) atoms. The van der Waals surface area contributed by atoms with E-state index >= 15 is 0 Å². The summed E-state index contributed by atoms with van der Waals surface area (Å²) in [6, 6.07) is 15.9. The molecule has 1 heteroatoms. The van der Waals surface area contributed by atoms with Crippen LogP contribution in [0.15, 0.2) is 42.5 Å². The third-order valence-electron chi connectivity index (χ3n) is 3.78. The van der Waals surface area contributed by atoms with Gasteiger partial charge in [-0.1, -0.05) is 63.1 Å². The van der Waals surface area contributed by atoms with Crippen molar-refractivity contribution in [3.8, 4) is 11.1 Å². The van der Waals surface area contributed by atoms with Gasteiger partial charge in [0.05, 0.1) is 0 Å². The van der Waals surface area contributed by atoms with Crippen LogP contribution in [0.25, 0.3) is 11.1 Å². The van der Waals surface area contributed by atoms with Gasteiger partial charge in [0.25, 0.3) is 0 Å². The Morgan fingerprint density at radius 3 is 2.20 bits per heavy atom. The first-order valence-corrected chi connectivity index (χ1v) is 8.70. The van der Waals surface area contributed by atoms with E-state index in [2.05, 4.69) is 78.9 Å². The maximum absolute atomic E-state index is 2.42. The first-order chi connectivity index (χ1) is 9.74. The SMILES string of the molecule is CCCCCc1ccc(-c2ccc(I)c(CC)c2)cc1. The van der Waals surface area contributed by atoms with Gasteiger partial charge >= 0.3 is 0 Å². The summed E-state index contributed by atoms with van der Waals surface area (Å²) in [7, 11) is 0. The molecule has 0 N–H and O–H groups in total. The van der Waals surface area contributed by atoms with Gasteiger partial charge in [-0.3, -0.25) is 0 Å². The zero-order chi connectivity index (χ0) is 14.4. The van der Waals surface area contributed by atoms with E-state index in [1.54, 1.807) is 0 Å². The number of halogens is 1. The molecule has 2 aromatic carbocycles. The van der Waals surface area contributed by atoms with E-state index in [4.69, 9.17) is 0 Å². The highest BCUT2D eigenvalue weighted by Crippen LogP contribution is 2.24. The highest BCUT2D eigenvalue weighted by Gasteiger charge is 2.02. The summed E-state index contributed by atoms with van der Waals surface area (Å²) in [4.78, 5) is 0. The van der Waals surface area contributed by atoms with Crippen LogP contribution >= 0.6 is 22.6 Å². The van der Waals surface area contributed by atoms with Crippen molar-refractivity contribution in [3.63, 3.8) is 0 Å². The maximum atomic E-state index is 2.42. The molecule has 0 aliphatic rings. The third-order valence-corrected chi connectivity index (χ3v) is 4.84. The van der Waals surface area contributed by atoms with Crippen molar-refractivity contribution in [1.29, 1.82) is 0 Å². The molecule has 0 aromatic heterocycles. The number of aryl methyl sites for hydroxylation is 2. The summed E-state index contributed by atoms with van der Waals surface area (Å²) >= 11 is 2.42. The minimum Gasteiger partial charge on any atom is -0.0654 e. The molecule has 0 nitrogen and oxygen atoms in total. The molecule has 0 atom stereocenters. The second-order valence-electron chi connectivity index (χ2n) is 5.31. The highest BCUT2D eigenvalue weighted by atomic mass is 127. The highest BCUT2D eigenvalue weighted by molar-refractivity contribution is 14.1. The fourth-order valence-electron chi connectivity index (χ4n) is 2.47. The Bertz CT molecular complexity index is 540. The first-order valence-electron chi connectivity index (χ1n) is 7.62. The lowest BCUT2D eigenvalue weighted by atomic mass is 9.99. The van der Waals surface area contributed by atoms with Crippen molar-refractivity contribution in [1.82, 2.24) is 0 Å². The molecule has 0 aliphatic heterocycles. The van der Waals surface area contributed by atoms with Crippen molar-refractivity contribution in [2.24, 2.45) is 0 Å². The van der Waals surface area contributed by atoms with Crippen molar-refractivity contribution < 1.29 is 0 Å². The summed E-state index contributed by atoms with van der Waals surface area (Å²) in [5, 5.41) is 0. The minimum atomic E-state index is 1.10. The summed E-state index contributed by atoms with van der Waals surface area (Å²) in [6.45, 7) is 4.48. The van der Waals surface area contributed by atoms with Gasteiger partial charge in [-0.2, -0.15) is 0 Å². The van der Waals surface area contributed by atoms with Crippen molar-refractivity contribution in [2.75, 3.05) is 0 Å². The number of hydrogen-bond donors (Lipinski definition) is 0. The minimum absolute atomic E-state index is 1.10. The lowest BCUT2D eigenvalue weighted by molar-refractivity contribution is 0.717. The van der Waals surface area contributed by atoms with Crippen LogP contribution in [0.5, 0.6) is 0 Å². The summed E-state index contributed by atoms with van der Waals surface area (Å²) in [5.74, 6) is 0. The van der Waals surface area contributed by atoms with E-state index in [0.29, 0.717) is 0 Å². The number of hydrogen-bond acceptors (Lipinski definition) is 0. The molecule has 106 valence electrons. The van der Waals surface area contributed by atoms with E-state index in [-0.39, 0.29) is 0 Å². The maximum Gasteiger partial charge on any atom is 0.0162 e. The fraction of sp³-hybridized carbons (Fsp3) is 0.368. The predicted molar refractivity (Wildman–Crippen MR) is 97.2 cm³/mol. The average Bonchev–Trinajstić information content (AvgIpc) is 2.49. The lowest BCUT2D eigenvalue weighted by Crippen LogP contribution is -1.89. The molecule has 0 heterocycles. The second kappa shape index (κ2) is 7.82. The van der Waals surface area contributed by atoms with Gasteiger partial charge in [-0.25, -0.2) is 0 Å². The Morgan fingerprint density at radius 1 is 0.850 bits per heavy atom. The molecule has 0 amide bonds. The lowest BCUT2D eigenvalue weighted by Gasteiger charge is -2.08. The quantitative estimate of drug-likeness (QED) is 0.412. The Morgan fingerprint density at radius 2 is 1.55 bits per heavy atom. The van der Waals surface area contributed by atoms with Crippen molar-refractivity contribution >= 4 is 22.6 Å². The van der Waals surface area contributed by atoms with Crippen molar-refractivity contribution in [3.05, 3.63) is 57.2 Å². The van der Waals surface area contributed by atoms with Crippen LogP contribution in [-0.2, 0) is 12.8 Å². The van der Waals surface area contributed by atoms with Crippen molar-refractivity contribution in [2.45, 2.75) is 46.0 Å². The molecule has 0 spiro atoms. The van der Waals surface area contributed by atoms with Gasteiger partial charge in [-0.15, -0.1) is 0 Å². The summed E-state index contributed by atoms with van der Waals surface area (Å²) in [5.41, 5.74) is 5.57. The number of rotatable bonds is 6. The largest absolute Gasteiger partial charge is 0.0654 e. The molecule has 0 saturated carbocycles. The Labute approximate surface area is 136 Å². The van der Waals surface area contributed by atoms with Gasteiger partial charge in [-0.05, 0) is 70.2 Å². The molecule has 2 aromatic rings. The molecule has 0 aliphatic carbocycles. The molecular weight excluding hydrogens is 355 g/mol. The van der Waals surface area contributed by atoms with Crippen LogP contribution in [0.1, 0.15) is 44.2 Å². The predicted octanol–water partition coefficient (Wildman–Crippen LogP) is 6.25. The van der Waals surface area contributed by atoms with Crippen LogP contribution in [0, 0.1) is 3.57 Å². The van der Waals surface area contributed by atoms with Crippen LogP contribution in [0.3, 0.4) is 0 Å². The van der Waals surface area contributed by atoms with Gasteiger partial charge in [0.2, 0.25) is 0 Å². The molecule has 2 rings (SSSR count). The topological polar surface area (TPSA) is 0 Å². The Hall–Kier alpha value is -0.830. The monoisotopic (exact) mass is 378 g/mol. The molecule has 0 saturated heterocycles. The summed E-state index contributed by atoms with van der Waals surface area (Å²) in [6.07, 6.45) is 6.24. The molecule has 0 radical (unpaired) electrons. The number of unbranched alkanes of at least 4 members (excludes halogenated alkanes) is 2. The van der Waals surface area contributed by atoms with E-state index in [0.717, 1.165) is 6.42 Å². The Kier molecular flexibility index (Phi) is 6.08. The zero-order valence-electron chi connectivity index (χ0n) is 12.5. The van der Waals surface area contributed by atoms with Gasteiger partial charge in [0, 0.05) is 3.57 Å². The zero-order valence-corrected chi connectivity index (χ0v) is 14.6. The molecule has 0 unspecified atom stereocenters. The first kappa shape index (κ1) is 15.6. The Balaban J connectivity index is 2.13.